The van der Waals surface area contributed by atoms with E-state index in [9.17, 15) is 9.90 Å². The van der Waals surface area contributed by atoms with E-state index in [2.05, 4.69) is 39.2 Å². The van der Waals surface area contributed by atoms with Crippen LogP contribution in [0.5, 0.6) is 0 Å². The van der Waals surface area contributed by atoms with Crippen molar-refractivity contribution in [1.82, 2.24) is 5.32 Å². The predicted octanol–water partition coefficient (Wildman–Crippen LogP) is 3.84. The Balaban J connectivity index is 4.32. The van der Waals surface area contributed by atoms with Gasteiger partial charge in [0.1, 0.15) is 5.60 Å². The molecular formula is C17H35NO4Si. The zero-order valence-corrected chi connectivity index (χ0v) is 17.2. The summed E-state index contributed by atoms with van der Waals surface area (Å²) in [5.74, 6) is 0. The van der Waals surface area contributed by atoms with Crippen LogP contribution in [0.2, 0.25) is 18.1 Å². The Bertz CT molecular complexity index is 408. The van der Waals surface area contributed by atoms with Crippen molar-refractivity contribution in [2.75, 3.05) is 6.61 Å². The van der Waals surface area contributed by atoms with Gasteiger partial charge in [0.2, 0.25) is 0 Å². The van der Waals surface area contributed by atoms with E-state index in [0.29, 0.717) is 0 Å². The van der Waals surface area contributed by atoms with E-state index in [1.165, 1.54) is 0 Å². The molecule has 0 unspecified atom stereocenters. The minimum atomic E-state index is -1.86. The molecule has 5 nitrogen and oxygen atoms in total. The predicted molar refractivity (Wildman–Crippen MR) is 97.1 cm³/mol. The number of alkyl carbamates (subject to hydrolysis) is 1. The van der Waals surface area contributed by atoms with Crippen LogP contribution in [0.15, 0.2) is 12.2 Å². The Hall–Kier alpha value is -0.853. The number of nitrogens with one attached hydrogen (secondary N) is 1. The maximum atomic E-state index is 11.6. The maximum Gasteiger partial charge on any atom is 0.408 e. The third-order valence-corrected chi connectivity index (χ3v) is 8.29. The molecule has 0 fully saturated rings. The lowest BCUT2D eigenvalue weighted by molar-refractivity contribution is 0.0517. The molecule has 2 N–H and O–H groups in total. The minimum Gasteiger partial charge on any atom is -0.444 e. The van der Waals surface area contributed by atoms with Gasteiger partial charge < -0.3 is 19.6 Å². The highest BCUT2D eigenvalue weighted by Gasteiger charge is 2.37. The van der Waals surface area contributed by atoms with Crippen LogP contribution in [-0.4, -0.2) is 43.9 Å². The number of amides is 1. The number of aliphatic hydroxyl groups excluding tert-OH is 1. The lowest BCUT2D eigenvalue weighted by Gasteiger charge is -2.36. The van der Waals surface area contributed by atoms with Gasteiger partial charge in [0, 0.05) is 6.04 Å². The molecule has 2 atom stereocenters. The van der Waals surface area contributed by atoms with Gasteiger partial charge in [-0.2, -0.15) is 0 Å². The number of hydrogen-bond acceptors (Lipinski definition) is 4. The van der Waals surface area contributed by atoms with Crippen LogP contribution in [0.3, 0.4) is 0 Å². The lowest BCUT2D eigenvalue weighted by atomic mass is 10.2. The fourth-order valence-electron chi connectivity index (χ4n) is 1.40. The fourth-order valence-corrected chi connectivity index (χ4v) is 2.42. The van der Waals surface area contributed by atoms with Crippen LogP contribution in [0.25, 0.3) is 0 Å². The molecule has 0 aromatic rings. The molecule has 6 heteroatoms. The number of rotatable bonds is 6. The van der Waals surface area contributed by atoms with E-state index in [4.69, 9.17) is 9.16 Å². The summed E-state index contributed by atoms with van der Waals surface area (Å²) in [4.78, 5) is 11.6. The lowest BCUT2D eigenvalue weighted by Crippen LogP contribution is -2.42. The third-order valence-electron chi connectivity index (χ3n) is 3.79. The number of carbonyl (C=O) groups is 1. The summed E-state index contributed by atoms with van der Waals surface area (Å²) in [6.07, 6.45) is 2.23. The van der Waals surface area contributed by atoms with Gasteiger partial charge in [0.15, 0.2) is 8.32 Å². The quantitative estimate of drug-likeness (QED) is 0.567. The van der Waals surface area contributed by atoms with Gasteiger partial charge in [0.25, 0.3) is 0 Å². The first kappa shape index (κ1) is 22.1. The van der Waals surface area contributed by atoms with Gasteiger partial charge in [-0.3, -0.25) is 0 Å². The summed E-state index contributed by atoms with van der Waals surface area (Å²) in [6, 6.07) is -0.229. The Morgan fingerprint density at radius 1 is 1.17 bits per heavy atom. The number of hydrogen-bond donors (Lipinski definition) is 2. The highest BCUT2D eigenvalue weighted by molar-refractivity contribution is 6.74. The van der Waals surface area contributed by atoms with E-state index in [1.807, 2.05) is 27.7 Å². The van der Waals surface area contributed by atoms with Crippen molar-refractivity contribution < 1.29 is 19.1 Å². The smallest absolute Gasteiger partial charge is 0.408 e. The average Bonchev–Trinajstić information content (AvgIpc) is 2.30. The molecule has 1 amide bonds. The molecular weight excluding hydrogens is 310 g/mol. The summed E-state index contributed by atoms with van der Waals surface area (Å²) in [6.45, 7) is 18.3. The van der Waals surface area contributed by atoms with Crippen LogP contribution >= 0.6 is 0 Å². The molecule has 0 bridgehead atoms. The summed E-state index contributed by atoms with van der Waals surface area (Å²) < 4.78 is 11.1. The van der Waals surface area contributed by atoms with Crippen molar-refractivity contribution in [1.29, 1.82) is 0 Å². The van der Waals surface area contributed by atoms with Crippen molar-refractivity contribution in [3.05, 3.63) is 12.2 Å². The molecule has 0 aliphatic heterocycles. The molecule has 0 saturated carbocycles. The molecule has 0 radical (unpaired) electrons. The zero-order chi connectivity index (χ0) is 18.5. The number of ether oxygens (including phenoxy) is 1. The van der Waals surface area contributed by atoms with Gasteiger partial charge in [0.05, 0.1) is 12.7 Å². The van der Waals surface area contributed by atoms with Crippen LogP contribution in [0, 0.1) is 0 Å². The Morgan fingerprint density at radius 2 is 1.70 bits per heavy atom. The first-order valence-corrected chi connectivity index (χ1v) is 11.0. The second-order valence-corrected chi connectivity index (χ2v) is 13.3. The first-order chi connectivity index (χ1) is 10.1. The van der Waals surface area contributed by atoms with E-state index in [-0.39, 0.29) is 17.7 Å². The fraction of sp³-hybridized carbons (Fsp3) is 0.824. The Kier molecular flexibility index (Phi) is 8.00. The molecule has 0 spiro atoms. The Morgan fingerprint density at radius 3 is 2.13 bits per heavy atom. The molecule has 0 aliphatic rings. The van der Waals surface area contributed by atoms with E-state index in [0.717, 1.165) is 0 Å². The van der Waals surface area contributed by atoms with Crippen molar-refractivity contribution in [3.63, 3.8) is 0 Å². The molecule has 0 aromatic heterocycles. The van der Waals surface area contributed by atoms with Gasteiger partial charge in [-0.05, 0) is 45.8 Å². The van der Waals surface area contributed by atoms with E-state index < -0.39 is 26.1 Å². The van der Waals surface area contributed by atoms with E-state index >= 15 is 0 Å². The highest BCUT2D eigenvalue weighted by atomic mass is 28.4. The van der Waals surface area contributed by atoms with Crippen molar-refractivity contribution in [3.8, 4) is 0 Å². The largest absolute Gasteiger partial charge is 0.444 e. The Labute approximate surface area is 142 Å². The molecule has 0 rings (SSSR count). The van der Waals surface area contributed by atoms with Gasteiger partial charge in [-0.25, -0.2) is 4.79 Å². The number of carbonyl (C=O) groups excluding carboxylic acids is 1. The van der Waals surface area contributed by atoms with Crippen molar-refractivity contribution >= 4 is 14.4 Å². The monoisotopic (exact) mass is 345 g/mol. The first-order valence-electron chi connectivity index (χ1n) is 8.14. The third kappa shape index (κ3) is 9.79. The highest BCUT2D eigenvalue weighted by Crippen LogP contribution is 2.36. The molecule has 0 heterocycles. The average molecular weight is 346 g/mol. The van der Waals surface area contributed by atoms with Gasteiger partial charge in [-0.15, -0.1) is 0 Å². The number of aliphatic hydroxyl groups is 1. The molecule has 0 aliphatic carbocycles. The summed E-state index contributed by atoms with van der Waals surface area (Å²) in [7, 11) is -1.86. The van der Waals surface area contributed by atoms with Gasteiger partial charge >= 0.3 is 6.09 Å². The van der Waals surface area contributed by atoms with Crippen LogP contribution in [0.1, 0.15) is 48.5 Å². The van der Waals surface area contributed by atoms with Crippen molar-refractivity contribution in [2.24, 2.45) is 0 Å². The second kappa shape index (κ2) is 8.31. The summed E-state index contributed by atoms with van der Waals surface area (Å²) >= 11 is 0. The standard InChI is InChI=1S/C17H35NO4Si/c1-13(18-15(20)22-16(2,3)4)10-11-14(19)12-21-23(8,9)17(5,6)7/h10-11,13-14,19H,12H2,1-9H3,(H,18,20)/b11-10-/t13-,14-/m1/s1. The van der Waals surface area contributed by atoms with Crippen LogP contribution < -0.4 is 5.32 Å². The van der Waals surface area contributed by atoms with Crippen molar-refractivity contribution in [2.45, 2.75) is 84.3 Å². The van der Waals surface area contributed by atoms with Gasteiger partial charge in [-0.1, -0.05) is 32.9 Å². The van der Waals surface area contributed by atoms with Crippen LogP contribution in [-0.2, 0) is 9.16 Å². The zero-order valence-electron chi connectivity index (χ0n) is 16.2. The minimum absolute atomic E-state index is 0.113. The van der Waals surface area contributed by atoms with E-state index in [1.54, 1.807) is 12.2 Å². The second-order valence-electron chi connectivity index (χ2n) is 8.46. The summed E-state index contributed by atoms with van der Waals surface area (Å²) in [5, 5.41) is 12.8. The molecule has 23 heavy (non-hydrogen) atoms. The SMILES string of the molecule is C[C@H](/C=C\[C@@H](O)CO[Si](C)(C)C(C)(C)C)NC(=O)OC(C)(C)C. The normalized spacial score (nSPS) is 16.3. The molecule has 0 aromatic carbocycles. The maximum absolute atomic E-state index is 11.6. The topological polar surface area (TPSA) is 67.8 Å². The van der Waals surface area contributed by atoms with Crippen LogP contribution in [0.4, 0.5) is 4.79 Å². The molecule has 136 valence electrons. The summed E-state index contributed by atoms with van der Waals surface area (Å²) in [5.41, 5.74) is -0.524. The molecule has 0 saturated heterocycles.